The van der Waals surface area contributed by atoms with Gasteiger partial charge in [-0.05, 0) is 54.1 Å². The zero-order valence-electron chi connectivity index (χ0n) is 16.8. The second-order valence-corrected chi connectivity index (χ2v) is 7.82. The third kappa shape index (κ3) is 6.20. The van der Waals surface area contributed by atoms with E-state index in [0.29, 0.717) is 23.9 Å². The fraction of sp³-hybridized carbons (Fsp3) is 0.300. The molecule has 0 aliphatic carbocycles. The predicted molar refractivity (Wildman–Crippen MR) is 109 cm³/mol. The van der Waals surface area contributed by atoms with Crippen LogP contribution in [0.4, 0.5) is 13.2 Å². The second kappa shape index (κ2) is 9.82. The predicted octanol–water partition coefficient (Wildman–Crippen LogP) is 4.09. The summed E-state index contributed by atoms with van der Waals surface area (Å²) in [6, 6.07) is 14.8. The average Bonchev–Trinajstić information content (AvgIpc) is 3.19. The normalized spacial score (nSPS) is 12.4. The summed E-state index contributed by atoms with van der Waals surface area (Å²) in [7, 11) is 0. The van der Waals surface area contributed by atoms with Gasteiger partial charge in [0.05, 0.1) is 10.9 Å². The summed E-state index contributed by atoms with van der Waals surface area (Å²) >= 11 is 1.17. The van der Waals surface area contributed by atoms with Gasteiger partial charge in [0.1, 0.15) is 5.75 Å². The van der Waals surface area contributed by atoms with E-state index in [4.69, 9.17) is 0 Å². The SMILES string of the molecule is CCN(Cc1ccccc1)C(=O)C(C)Sc1nnnn1-c1ccc(OC(F)(F)F)cc1. The van der Waals surface area contributed by atoms with Gasteiger partial charge in [0.2, 0.25) is 11.1 Å². The number of tetrazole rings is 1. The summed E-state index contributed by atoms with van der Waals surface area (Å²) in [5.74, 6) is -0.415. The molecule has 7 nitrogen and oxygen atoms in total. The Morgan fingerprint density at radius 3 is 2.45 bits per heavy atom. The Morgan fingerprint density at radius 2 is 1.84 bits per heavy atom. The third-order valence-corrected chi connectivity index (χ3v) is 5.32. The van der Waals surface area contributed by atoms with Crippen molar-refractivity contribution in [2.24, 2.45) is 0 Å². The van der Waals surface area contributed by atoms with Crippen LogP contribution in [0.2, 0.25) is 0 Å². The van der Waals surface area contributed by atoms with Gasteiger partial charge in [-0.25, -0.2) is 0 Å². The maximum absolute atomic E-state index is 12.9. The van der Waals surface area contributed by atoms with Crippen LogP contribution in [0.15, 0.2) is 59.8 Å². The van der Waals surface area contributed by atoms with Crippen molar-refractivity contribution in [1.29, 1.82) is 0 Å². The van der Waals surface area contributed by atoms with E-state index < -0.39 is 11.6 Å². The fourth-order valence-electron chi connectivity index (χ4n) is 2.82. The van der Waals surface area contributed by atoms with E-state index in [-0.39, 0.29) is 11.7 Å². The molecule has 0 N–H and O–H groups in total. The molecule has 2 aromatic carbocycles. The first-order valence-electron chi connectivity index (χ1n) is 9.40. The maximum Gasteiger partial charge on any atom is 0.573 e. The standard InChI is InChI=1S/C20H20F3N5O2S/c1-3-27(13-15-7-5-4-6-8-15)18(29)14(2)31-19-24-25-26-28(19)16-9-11-17(12-10-16)30-20(21,22)23/h4-12,14H,3,13H2,1-2H3. The Labute approximate surface area is 181 Å². The average molecular weight is 451 g/mol. The molecule has 0 bridgehead atoms. The molecule has 0 fully saturated rings. The number of amides is 1. The number of alkyl halides is 3. The van der Waals surface area contributed by atoms with E-state index in [9.17, 15) is 18.0 Å². The molecule has 31 heavy (non-hydrogen) atoms. The molecule has 0 aliphatic heterocycles. The Morgan fingerprint density at radius 1 is 1.16 bits per heavy atom. The van der Waals surface area contributed by atoms with Gasteiger partial charge in [0.25, 0.3) is 0 Å². The molecule has 0 saturated carbocycles. The Balaban J connectivity index is 1.69. The van der Waals surface area contributed by atoms with Gasteiger partial charge in [-0.15, -0.1) is 18.3 Å². The summed E-state index contributed by atoms with van der Waals surface area (Å²) < 4.78 is 42.2. The van der Waals surface area contributed by atoms with Crippen molar-refractivity contribution < 1.29 is 22.7 Å². The minimum atomic E-state index is -4.77. The number of nitrogens with zero attached hydrogens (tertiary/aromatic N) is 5. The molecule has 0 spiro atoms. The van der Waals surface area contributed by atoms with Gasteiger partial charge >= 0.3 is 6.36 Å². The molecule has 0 radical (unpaired) electrons. The number of hydrogen-bond acceptors (Lipinski definition) is 6. The van der Waals surface area contributed by atoms with Gasteiger partial charge in [-0.3, -0.25) is 4.79 Å². The lowest BCUT2D eigenvalue weighted by atomic mass is 10.2. The number of thioether (sulfide) groups is 1. The smallest absolute Gasteiger partial charge is 0.406 e. The number of carbonyl (C=O) groups is 1. The number of carbonyl (C=O) groups excluding carboxylic acids is 1. The molecule has 0 aliphatic rings. The number of hydrogen-bond donors (Lipinski definition) is 0. The van der Waals surface area contributed by atoms with E-state index in [1.54, 1.807) is 11.8 Å². The largest absolute Gasteiger partial charge is 0.573 e. The van der Waals surface area contributed by atoms with E-state index in [2.05, 4.69) is 20.3 Å². The first-order chi connectivity index (χ1) is 14.8. The first kappa shape index (κ1) is 22.6. The van der Waals surface area contributed by atoms with Crippen LogP contribution in [0.5, 0.6) is 5.75 Å². The number of halogens is 3. The van der Waals surface area contributed by atoms with Crippen LogP contribution in [0.25, 0.3) is 5.69 Å². The zero-order valence-corrected chi connectivity index (χ0v) is 17.6. The number of ether oxygens (including phenoxy) is 1. The Hall–Kier alpha value is -3.08. The van der Waals surface area contributed by atoms with Gasteiger partial charge in [-0.2, -0.15) is 4.68 Å². The molecule has 1 atom stereocenters. The summed E-state index contributed by atoms with van der Waals surface area (Å²) in [4.78, 5) is 14.7. The third-order valence-electron chi connectivity index (χ3n) is 4.30. The molecular formula is C20H20F3N5O2S. The van der Waals surface area contributed by atoms with Crippen molar-refractivity contribution >= 4 is 17.7 Å². The van der Waals surface area contributed by atoms with Crippen molar-refractivity contribution in [2.45, 2.75) is 37.2 Å². The van der Waals surface area contributed by atoms with E-state index in [1.165, 1.54) is 40.7 Å². The molecule has 11 heteroatoms. The minimum absolute atomic E-state index is 0.0696. The van der Waals surface area contributed by atoms with Crippen LogP contribution >= 0.6 is 11.8 Å². The van der Waals surface area contributed by atoms with Gasteiger partial charge < -0.3 is 9.64 Å². The van der Waals surface area contributed by atoms with Crippen molar-refractivity contribution in [3.8, 4) is 11.4 Å². The molecule has 3 rings (SSSR count). The summed E-state index contributed by atoms with van der Waals surface area (Å²) in [5.41, 5.74) is 1.47. The van der Waals surface area contributed by atoms with Crippen LogP contribution in [0, 0.1) is 0 Å². The van der Waals surface area contributed by atoms with Crippen molar-refractivity contribution in [2.75, 3.05) is 6.54 Å². The van der Waals surface area contributed by atoms with E-state index in [1.807, 2.05) is 37.3 Å². The summed E-state index contributed by atoms with van der Waals surface area (Å²) in [5, 5.41) is 11.3. The molecule has 3 aromatic rings. The number of rotatable bonds is 8. The Kier molecular flexibility index (Phi) is 7.16. The molecule has 1 amide bonds. The number of aromatic nitrogens is 4. The molecule has 1 heterocycles. The van der Waals surface area contributed by atoms with Gasteiger partial charge in [-0.1, -0.05) is 42.1 Å². The lowest BCUT2D eigenvalue weighted by Crippen LogP contribution is -2.36. The lowest BCUT2D eigenvalue weighted by molar-refractivity contribution is -0.274. The first-order valence-corrected chi connectivity index (χ1v) is 10.3. The lowest BCUT2D eigenvalue weighted by Gasteiger charge is -2.24. The van der Waals surface area contributed by atoms with Crippen LogP contribution in [0.1, 0.15) is 19.4 Å². The highest BCUT2D eigenvalue weighted by molar-refractivity contribution is 8.00. The van der Waals surface area contributed by atoms with Gasteiger partial charge in [0, 0.05) is 13.1 Å². The van der Waals surface area contributed by atoms with E-state index in [0.717, 1.165) is 5.56 Å². The molecule has 1 unspecified atom stereocenters. The van der Waals surface area contributed by atoms with Crippen LogP contribution in [-0.2, 0) is 11.3 Å². The molecule has 1 aromatic heterocycles. The molecule has 0 saturated heterocycles. The highest BCUT2D eigenvalue weighted by Crippen LogP contribution is 2.27. The van der Waals surface area contributed by atoms with Crippen LogP contribution in [-0.4, -0.2) is 49.2 Å². The van der Waals surface area contributed by atoms with Crippen molar-refractivity contribution in [3.05, 3.63) is 60.2 Å². The molecule has 164 valence electrons. The summed E-state index contributed by atoms with van der Waals surface area (Å²) in [6.45, 7) is 4.71. The van der Waals surface area contributed by atoms with Crippen molar-refractivity contribution in [1.82, 2.24) is 25.1 Å². The second-order valence-electron chi connectivity index (χ2n) is 6.51. The Bertz CT molecular complexity index is 996. The minimum Gasteiger partial charge on any atom is -0.406 e. The summed E-state index contributed by atoms with van der Waals surface area (Å²) in [6.07, 6.45) is -4.77. The molecular weight excluding hydrogens is 431 g/mol. The zero-order chi connectivity index (χ0) is 22.4. The fourth-order valence-corrected chi connectivity index (χ4v) is 3.71. The highest BCUT2D eigenvalue weighted by atomic mass is 32.2. The number of benzene rings is 2. The van der Waals surface area contributed by atoms with Crippen LogP contribution < -0.4 is 4.74 Å². The van der Waals surface area contributed by atoms with Crippen molar-refractivity contribution in [3.63, 3.8) is 0 Å². The monoisotopic (exact) mass is 451 g/mol. The highest BCUT2D eigenvalue weighted by Gasteiger charge is 2.31. The van der Waals surface area contributed by atoms with Crippen LogP contribution in [0.3, 0.4) is 0 Å². The van der Waals surface area contributed by atoms with E-state index >= 15 is 0 Å². The van der Waals surface area contributed by atoms with Gasteiger partial charge in [0.15, 0.2) is 0 Å². The quantitative estimate of drug-likeness (QED) is 0.481. The maximum atomic E-state index is 12.9. The topological polar surface area (TPSA) is 73.1 Å².